The number of nitrogens with zero attached hydrogens (tertiary/aromatic N) is 2. The van der Waals surface area contributed by atoms with Crippen LogP contribution in [0.2, 0.25) is 0 Å². The third-order valence-electron chi connectivity index (χ3n) is 5.24. The highest BCUT2D eigenvalue weighted by Crippen LogP contribution is 2.37. The Morgan fingerprint density at radius 2 is 1.93 bits per heavy atom. The standard InChI is InChI=1S/C20H22N2O4S2/c1-14-5-3-4-6-16(14)19-9-10-22(11-12-27-19)28(24,25)15-7-8-18-17(13-15)21(2)20(23)26-18/h3-8,13,19H,9-12H2,1-2H3. The molecule has 0 spiro atoms. The number of sulfonamides is 1. The molecule has 4 rings (SSSR count). The van der Waals surface area contributed by atoms with E-state index in [1.807, 2.05) is 23.9 Å². The Hall–Kier alpha value is -2.03. The van der Waals surface area contributed by atoms with Gasteiger partial charge in [-0.25, -0.2) is 13.2 Å². The van der Waals surface area contributed by atoms with Crippen LogP contribution in [0.15, 0.2) is 56.6 Å². The van der Waals surface area contributed by atoms with Crippen molar-refractivity contribution >= 4 is 32.9 Å². The van der Waals surface area contributed by atoms with Gasteiger partial charge in [0.15, 0.2) is 5.58 Å². The monoisotopic (exact) mass is 418 g/mol. The van der Waals surface area contributed by atoms with Crippen LogP contribution in [0.1, 0.15) is 22.8 Å². The molecule has 1 aromatic heterocycles. The number of oxazole rings is 1. The van der Waals surface area contributed by atoms with E-state index in [1.54, 1.807) is 17.4 Å². The van der Waals surface area contributed by atoms with Gasteiger partial charge >= 0.3 is 5.76 Å². The summed E-state index contributed by atoms with van der Waals surface area (Å²) in [6, 6.07) is 12.9. The van der Waals surface area contributed by atoms with Gasteiger partial charge in [0.2, 0.25) is 10.0 Å². The summed E-state index contributed by atoms with van der Waals surface area (Å²) >= 11 is 1.81. The molecule has 2 heterocycles. The molecule has 0 N–H and O–H groups in total. The zero-order valence-corrected chi connectivity index (χ0v) is 17.4. The molecule has 1 atom stereocenters. The van der Waals surface area contributed by atoms with E-state index in [2.05, 4.69) is 19.1 Å². The maximum absolute atomic E-state index is 13.2. The Balaban J connectivity index is 1.61. The van der Waals surface area contributed by atoms with E-state index < -0.39 is 15.8 Å². The van der Waals surface area contributed by atoms with Crippen molar-refractivity contribution in [1.29, 1.82) is 0 Å². The zero-order valence-electron chi connectivity index (χ0n) is 15.8. The van der Waals surface area contributed by atoms with Crippen molar-refractivity contribution < 1.29 is 12.8 Å². The van der Waals surface area contributed by atoms with Crippen LogP contribution in [-0.4, -0.2) is 36.1 Å². The number of thioether (sulfide) groups is 1. The quantitative estimate of drug-likeness (QED) is 0.653. The van der Waals surface area contributed by atoms with Crippen molar-refractivity contribution in [3.8, 4) is 0 Å². The maximum Gasteiger partial charge on any atom is 0.419 e. The van der Waals surface area contributed by atoms with E-state index in [0.29, 0.717) is 29.4 Å². The number of benzene rings is 2. The van der Waals surface area contributed by atoms with Crippen molar-refractivity contribution in [2.75, 3.05) is 18.8 Å². The number of rotatable bonds is 3. The molecule has 0 bridgehead atoms. The fraction of sp³-hybridized carbons (Fsp3) is 0.350. The number of hydrogen-bond acceptors (Lipinski definition) is 5. The average Bonchev–Trinajstić information content (AvgIpc) is 2.86. The van der Waals surface area contributed by atoms with E-state index in [-0.39, 0.29) is 4.90 Å². The highest BCUT2D eigenvalue weighted by molar-refractivity contribution is 7.99. The largest absolute Gasteiger partial charge is 0.419 e. The van der Waals surface area contributed by atoms with Crippen LogP contribution in [0.25, 0.3) is 11.1 Å². The SMILES string of the molecule is Cc1ccccc1C1CCN(S(=O)(=O)c2ccc3oc(=O)n(C)c3c2)CCS1. The Morgan fingerprint density at radius 1 is 1.14 bits per heavy atom. The fourth-order valence-electron chi connectivity index (χ4n) is 3.60. The first-order chi connectivity index (χ1) is 13.4. The molecule has 3 aromatic rings. The summed E-state index contributed by atoms with van der Waals surface area (Å²) in [4.78, 5) is 11.9. The average molecular weight is 419 g/mol. The van der Waals surface area contributed by atoms with Crippen molar-refractivity contribution in [2.24, 2.45) is 7.05 Å². The highest BCUT2D eigenvalue weighted by Gasteiger charge is 2.29. The zero-order chi connectivity index (χ0) is 19.9. The molecule has 0 radical (unpaired) electrons. The van der Waals surface area contributed by atoms with Gasteiger partial charge in [-0.2, -0.15) is 16.1 Å². The minimum Gasteiger partial charge on any atom is -0.408 e. The van der Waals surface area contributed by atoms with Gasteiger partial charge in [-0.15, -0.1) is 0 Å². The summed E-state index contributed by atoms with van der Waals surface area (Å²) in [5.41, 5.74) is 3.38. The molecular weight excluding hydrogens is 396 g/mol. The Labute approximate surface area is 168 Å². The second kappa shape index (κ2) is 7.42. The van der Waals surface area contributed by atoms with Crippen LogP contribution in [0.4, 0.5) is 0 Å². The van der Waals surface area contributed by atoms with Gasteiger partial charge in [-0.05, 0) is 42.7 Å². The van der Waals surface area contributed by atoms with E-state index >= 15 is 0 Å². The Morgan fingerprint density at radius 3 is 2.71 bits per heavy atom. The molecule has 2 aromatic carbocycles. The first-order valence-corrected chi connectivity index (χ1v) is 11.6. The van der Waals surface area contributed by atoms with E-state index in [0.717, 1.165) is 12.2 Å². The lowest BCUT2D eigenvalue weighted by molar-refractivity contribution is 0.428. The second-order valence-corrected chi connectivity index (χ2v) is 10.2. The molecule has 0 amide bonds. The molecule has 1 saturated heterocycles. The van der Waals surface area contributed by atoms with Crippen molar-refractivity contribution in [3.63, 3.8) is 0 Å². The molecule has 0 saturated carbocycles. The first kappa shape index (κ1) is 19.3. The number of aryl methyl sites for hydroxylation is 2. The minimum absolute atomic E-state index is 0.191. The lowest BCUT2D eigenvalue weighted by atomic mass is 10.0. The highest BCUT2D eigenvalue weighted by atomic mass is 32.2. The van der Waals surface area contributed by atoms with E-state index in [4.69, 9.17) is 4.42 Å². The molecule has 6 nitrogen and oxygen atoms in total. The molecule has 1 aliphatic rings. The molecule has 148 valence electrons. The van der Waals surface area contributed by atoms with Crippen LogP contribution in [-0.2, 0) is 17.1 Å². The summed E-state index contributed by atoms with van der Waals surface area (Å²) in [6.07, 6.45) is 0.765. The van der Waals surface area contributed by atoms with Gasteiger partial charge < -0.3 is 4.42 Å². The second-order valence-electron chi connectivity index (χ2n) is 6.97. The van der Waals surface area contributed by atoms with Crippen molar-refractivity contribution in [2.45, 2.75) is 23.5 Å². The molecule has 0 aliphatic carbocycles. The minimum atomic E-state index is -3.64. The van der Waals surface area contributed by atoms with Gasteiger partial charge in [0.05, 0.1) is 10.4 Å². The van der Waals surface area contributed by atoms with Crippen LogP contribution in [0.5, 0.6) is 0 Å². The van der Waals surface area contributed by atoms with Crippen LogP contribution < -0.4 is 5.76 Å². The maximum atomic E-state index is 13.2. The molecule has 28 heavy (non-hydrogen) atoms. The van der Waals surface area contributed by atoms with Crippen molar-refractivity contribution in [1.82, 2.24) is 8.87 Å². The topological polar surface area (TPSA) is 72.5 Å². The van der Waals surface area contributed by atoms with Crippen molar-refractivity contribution in [3.05, 3.63) is 64.1 Å². The summed E-state index contributed by atoms with van der Waals surface area (Å²) in [5, 5.41) is 0.290. The number of fused-ring (bicyclic) bond motifs is 1. The molecule has 1 fully saturated rings. The van der Waals surface area contributed by atoms with Gasteiger partial charge in [-0.1, -0.05) is 24.3 Å². The lowest BCUT2D eigenvalue weighted by Crippen LogP contribution is -2.33. The van der Waals surface area contributed by atoms with Crippen LogP contribution in [0.3, 0.4) is 0 Å². The van der Waals surface area contributed by atoms with Gasteiger partial charge in [-0.3, -0.25) is 4.57 Å². The van der Waals surface area contributed by atoms with Gasteiger partial charge in [0.25, 0.3) is 0 Å². The summed E-state index contributed by atoms with van der Waals surface area (Å²) < 4.78 is 34.4. The summed E-state index contributed by atoms with van der Waals surface area (Å²) in [7, 11) is -2.07. The molecule has 1 unspecified atom stereocenters. The predicted molar refractivity (Wildman–Crippen MR) is 111 cm³/mol. The third-order valence-corrected chi connectivity index (χ3v) is 8.44. The first-order valence-electron chi connectivity index (χ1n) is 9.15. The summed E-state index contributed by atoms with van der Waals surface area (Å²) in [5.74, 6) is 0.238. The van der Waals surface area contributed by atoms with E-state index in [1.165, 1.54) is 27.8 Å². The normalized spacial score (nSPS) is 19.0. The smallest absolute Gasteiger partial charge is 0.408 e. The molecule has 1 aliphatic heterocycles. The molecular formula is C20H22N2O4S2. The van der Waals surface area contributed by atoms with Crippen LogP contribution >= 0.6 is 11.8 Å². The van der Waals surface area contributed by atoms with Crippen LogP contribution in [0, 0.1) is 6.92 Å². The van der Waals surface area contributed by atoms with Gasteiger partial charge in [0.1, 0.15) is 0 Å². The lowest BCUT2D eigenvalue weighted by Gasteiger charge is -2.20. The number of hydrogen-bond donors (Lipinski definition) is 0. The molecule has 8 heteroatoms. The fourth-order valence-corrected chi connectivity index (χ4v) is 6.52. The summed E-state index contributed by atoms with van der Waals surface area (Å²) in [6.45, 7) is 3.04. The third kappa shape index (κ3) is 3.40. The van der Waals surface area contributed by atoms with Gasteiger partial charge in [0, 0.05) is 31.1 Å². The predicted octanol–water partition coefficient (Wildman–Crippen LogP) is 3.31. The van der Waals surface area contributed by atoms with E-state index in [9.17, 15) is 13.2 Å². The number of aromatic nitrogens is 1. The Bertz CT molecular complexity index is 1180. The Kier molecular flexibility index (Phi) is 5.11.